The molecule has 0 spiro atoms. The third kappa shape index (κ3) is 3.32. The lowest BCUT2D eigenvalue weighted by Crippen LogP contribution is -2.50. The zero-order chi connectivity index (χ0) is 14.8. The van der Waals surface area contributed by atoms with Crippen molar-refractivity contribution in [3.05, 3.63) is 0 Å². The van der Waals surface area contributed by atoms with Crippen molar-refractivity contribution in [2.24, 2.45) is 5.41 Å². The van der Waals surface area contributed by atoms with Gasteiger partial charge in [0.25, 0.3) is 0 Å². The molecule has 0 aliphatic carbocycles. The molecule has 2 saturated heterocycles. The molecule has 2 aliphatic heterocycles. The SMILES string of the molecule is CCS(=O)(=O)N1CCC(NC(=O)C2(C)CCNC2)CC1. The Labute approximate surface area is 121 Å². The summed E-state index contributed by atoms with van der Waals surface area (Å²) in [6, 6.07) is 0.100. The van der Waals surface area contributed by atoms with E-state index in [4.69, 9.17) is 0 Å². The van der Waals surface area contributed by atoms with Gasteiger partial charge in [0.15, 0.2) is 0 Å². The third-order valence-electron chi connectivity index (χ3n) is 4.46. The molecule has 2 N–H and O–H groups in total. The van der Waals surface area contributed by atoms with Crippen LogP contribution >= 0.6 is 0 Å². The monoisotopic (exact) mass is 303 g/mol. The molecule has 2 heterocycles. The van der Waals surface area contributed by atoms with Crippen LogP contribution in [-0.2, 0) is 14.8 Å². The van der Waals surface area contributed by atoms with Crippen molar-refractivity contribution in [2.45, 2.75) is 39.2 Å². The van der Waals surface area contributed by atoms with Crippen molar-refractivity contribution in [2.75, 3.05) is 31.9 Å². The maximum Gasteiger partial charge on any atom is 0.227 e. The zero-order valence-electron chi connectivity index (χ0n) is 12.3. The number of piperidine rings is 1. The summed E-state index contributed by atoms with van der Waals surface area (Å²) in [5.74, 6) is 0.243. The number of nitrogens with one attached hydrogen (secondary N) is 2. The first-order chi connectivity index (χ1) is 9.37. The smallest absolute Gasteiger partial charge is 0.227 e. The Bertz CT molecular complexity index is 449. The lowest BCUT2D eigenvalue weighted by Gasteiger charge is -2.33. The number of nitrogens with zero attached hydrogens (tertiary/aromatic N) is 1. The van der Waals surface area contributed by atoms with E-state index < -0.39 is 10.0 Å². The van der Waals surface area contributed by atoms with Crippen LogP contribution in [0.1, 0.15) is 33.1 Å². The van der Waals surface area contributed by atoms with Crippen LogP contribution in [0.2, 0.25) is 0 Å². The Kier molecular flexibility index (Phi) is 4.71. The fraction of sp³-hybridized carbons (Fsp3) is 0.923. The first kappa shape index (κ1) is 15.7. The van der Waals surface area contributed by atoms with Gasteiger partial charge in [-0.05, 0) is 39.7 Å². The summed E-state index contributed by atoms with van der Waals surface area (Å²) in [4.78, 5) is 12.3. The van der Waals surface area contributed by atoms with Crippen LogP contribution in [0.5, 0.6) is 0 Å². The Morgan fingerprint density at radius 1 is 1.40 bits per heavy atom. The summed E-state index contributed by atoms with van der Waals surface area (Å²) < 4.78 is 25.1. The van der Waals surface area contributed by atoms with E-state index in [1.54, 1.807) is 6.92 Å². The van der Waals surface area contributed by atoms with Gasteiger partial charge < -0.3 is 10.6 Å². The highest BCUT2D eigenvalue weighted by molar-refractivity contribution is 7.89. The molecule has 116 valence electrons. The van der Waals surface area contributed by atoms with Crippen LogP contribution < -0.4 is 10.6 Å². The Morgan fingerprint density at radius 3 is 2.55 bits per heavy atom. The fourth-order valence-corrected chi connectivity index (χ4v) is 3.96. The van der Waals surface area contributed by atoms with E-state index in [-0.39, 0.29) is 23.1 Å². The molecule has 1 unspecified atom stereocenters. The van der Waals surface area contributed by atoms with Gasteiger partial charge in [-0.25, -0.2) is 12.7 Å². The Hall–Kier alpha value is -0.660. The number of sulfonamides is 1. The van der Waals surface area contributed by atoms with Crippen LogP contribution in [0.3, 0.4) is 0 Å². The molecule has 7 heteroatoms. The van der Waals surface area contributed by atoms with Gasteiger partial charge >= 0.3 is 0 Å². The van der Waals surface area contributed by atoms with Crippen LogP contribution in [0.4, 0.5) is 0 Å². The van der Waals surface area contributed by atoms with Crippen molar-refractivity contribution in [3.8, 4) is 0 Å². The van der Waals surface area contributed by atoms with E-state index in [2.05, 4.69) is 10.6 Å². The summed E-state index contributed by atoms with van der Waals surface area (Å²) in [6.07, 6.45) is 2.27. The van der Waals surface area contributed by atoms with Gasteiger partial charge in [0.05, 0.1) is 11.2 Å². The molecule has 0 aromatic carbocycles. The predicted molar refractivity (Wildman–Crippen MR) is 77.8 cm³/mol. The molecule has 2 fully saturated rings. The summed E-state index contributed by atoms with van der Waals surface area (Å²) in [7, 11) is -3.09. The average Bonchev–Trinajstić information content (AvgIpc) is 2.88. The minimum absolute atomic E-state index is 0.0966. The number of carbonyl (C=O) groups excluding carboxylic acids is 1. The van der Waals surface area contributed by atoms with Gasteiger partial charge in [-0.15, -0.1) is 0 Å². The maximum absolute atomic E-state index is 12.3. The number of amides is 1. The second-order valence-electron chi connectivity index (χ2n) is 6.03. The fourth-order valence-electron chi connectivity index (χ4n) is 2.83. The van der Waals surface area contributed by atoms with E-state index in [1.807, 2.05) is 6.92 Å². The van der Waals surface area contributed by atoms with E-state index in [1.165, 1.54) is 4.31 Å². The van der Waals surface area contributed by atoms with Crippen molar-refractivity contribution in [1.82, 2.24) is 14.9 Å². The number of hydrogen-bond donors (Lipinski definition) is 2. The molecular weight excluding hydrogens is 278 g/mol. The van der Waals surface area contributed by atoms with E-state index >= 15 is 0 Å². The first-order valence-electron chi connectivity index (χ1n) is 7.37. The molecule has 6 nitrogen and oxygen atoms in total. The summed E-state index contributed by atoms with van der Waals surface area (Å²) in [5, 5.41) is 6.31. The molecule has 2 aliphatic rings. The van der Waals surface area contributed by atoms with Crippen LogP contribution in [0.15, 0.2) is 0 Å². The molecular formula is C13H25N3O3S. The lowest BCUT2D eigenvalue weighted by atomic mass is 9.88. The molecule has 0 radical (unpaired) electrons. The lowest BCUT2D eigenvalue weighted by molar-refractivity contribution is -0.130. The Balaban J connectivity index is 1.84. The quantitative estimate of drug-likeness (QED) is 0.761. The van der Waals surface area contributed by atoms with Crippen molar-refractivity contribution in [1.29, 1.82) is 0 Å². The average molecular weight is 303 g/mol. The molecule has 2 rings (SSSR count). The van der Waals surface area contributed by atoms with Crippen LogP contribution in [-0.4, -0.2) is 56.6 Å². The van der Waals surface area contributed by atoms with Crippen LogP contribution in [0, 0.1) is 5.41 Å². The van der Waals surface area contributed by atoms with Gasteiger partial charge in [-0.1, -0.05) is 0 Å². The summed E-state index contributed by atoms with van der Waals surface area (Å²) >= 11 is 0. The molecule has 0 saturated carbocycles. The molecule has 1 atom stereocenters. The standard InChI is InChI=1S/C13H25N3O3S/c1-3-20(18,19)16-8-4-11(5-9-16)15-12(17)13(2)6-7-14-10-13/h11,14H,3-10H2,1-2H3,(H,15,17). The number of rotatable bonds is 4. The van der Waals surface area contributed by atoms with Gasteiger partial charge in [-0.3, -0.25) is 4.79 Å². The second-order valence-corrected chi connectivity index (χ2v) is 8.29. The minimum Gasteiger partial charge on any atom is -0.353 e. The highest BCUT2D eigenvalue weighted by Crippen LogP contribution is 2.25. The predicted octanol–water partition coefficient (Wildman–Crippen LogP) is -0.0837. The normalized spacial score (nSPS) is 29.5. The molecule has 0 aromatic rings. The molecule has 0 bridgehead atoms. The van der Waals surface area contributed by atoms with Crippen molar-refractivity contribution in [3.63, 3.8) is 0 Å². The number of carbonyl (C=O) groups is 1. The molecule has 1 amide bonds. The largest absolute Gasteiger partial charge is 0.353 e. The summed E-state index contributed by atoms with van der Waals surface area (Å²) in [5.41, 5.74) is -0.313. The third-order valence-corrected chi connectivity index (χ3v) is 6.35. The van der Waals surface area contributed by atoms with Gasteiger partial charge in [0.2, 0.25) is 15.9 Å². The zero-order valence-corrected chi connectivity index (χ0v) is 13.1. The highest BCUT2D eigenvalue weighted by Gasteiger charge is 2.38. The van der Waals surface area contributed by atoms with E-state index in [0.717, 1.165) is 19.5 Å². The van der Waals surface area contributed by atoms with Crippen LogP contribution in [0.25, 0.3) is 0 Å². The van der Waals surface area contributed by atoms with Gasteiger partial charge in [0.1, 0.15) is 0 Å². The van der Waals surface area contributed by atoms with Gasteiger partial charge in [-0.2, -0.15) is 0 Å². The second kappa shape index (κ2) is 5.99. The van der Waals surface area contributed by atoms with Crippen molar-refractivity contribution >= 4 is 15.9 Å². The van der Waals surface area contributed by atoms with E-state index in [0.29, 0.717) is 25.9 Å². The number of hydrogen-bond acceptors (Lipinski definition) is 4. The minimum atomic E-state index is -3.09. The summed E-state index contributed by atoms with van der Waals surface area (Å²) in [6.45, 7) is 6.28. The topological polar surface area (TPSA) is 78.5 Å². The maximum atomic E-state index is 12.3. The Morgan fingerprint density at radius 2 is 2.05 bits per heavy atom. The highest BCUT2D eigenvalue weighted by atomic mass is 32.2. The van der Waals surface area contributed by atoms with E-state index in [9.17, 15) is 13.2 Å². The molecule has 0 aromatic heterocycles. The first-order valence-corrected chi connectivity index (χ1v) is 8.98. The molecule has 20 heavy (non-hydrogen) atoms. The van der Waals surface area contributed by atoms with Gasteiger partial charge in [0, 0.05) is 25.7 Å². The van der Waals surface area contributed by atoms with Crippen molar-refractivity contribution < 1.29 is 13.2 Å².